The van der Waals surface area contributed by atoms with Crippen LogP contribution in [0, 0.1) is 5.92 Å². The summed E-state index contributed by atoms with van der Waals surface area (Å²) in [5, 5.41) is 4.43. The molecule has 6 nitrogen and oxygen atoms in total. The molecule has 166 valence electrons. The molecule has 5 rings (SSSR count). The van der Waals surface area contributed by atoms with E-state index >= 15 is 0 Å². The van der Waals surface area contributed by atoms with Gasteiger partial charge in [0, 0.05) is 28.7 Å². The first kappa shape index (κ1) is 20.6. The van der Waals surface area contributed by atoms with Gasteiger partial charge in [-0.2, -0.15) is 0 Å². The van der Waals surface area contributed by atoms with Crippen molar-refractivity contribution in [2.45, 2.75) is 51.7 Å². The van der Waals surface area contributed by atoms with Gasteiger partial charge in [-0.25, -0.2) is 0 Å². The van der Waals surface area contributed by atoms with E-state index in [1.807, 2.05) is 50.2 Å². The molecule has 0 spiro atoms. The third-order valence-electron chi connectivity index (χ3n) is 6.82. The highest BCUT2D eigenvalue weighted by atomic mass is 16.5. The van der Waals surface area contributed by atoms with Crippen molar-refractivity contribution in [3.63, 3.8) is 0 Å². The number of amides is 2. The highest BCUT2D eigenvalue weighted by molar-refractivity contribution is 6.01. The standard InChI is InChI=1S/C26H29N3O3/c1-15(2)24(29-14-16-7-4-5-8-18(16)26(29)31)25(30)28-22-10-6-9-19-20-13-17(32-3)11-12-21(20)27-23(19)22/h4-5,7-8,11-13,15,22,24,27H,6,9-10,14H2,1-3H3,(H,28,30)/t22-,24+/m1/s1. The Morgan fingerprint density at radius 2 is 2.03 bits per heavy atom. The number of hydrogen-bond donors (Lipinski definition) is 2. The lowest BCUT2D eigenvalue weighted by molar-refractivity contribution is -0.128. The highest BCUT2D eigenvalue weighted by Gasteiger charge is 2.39. The second-order valence-electron chi connectivity index (χ2n) is 9.16. The van der Waals surface area contributed by atoms with Gasteiger partial charge in [-0.15, -0.1) is 0 Å². The van der Waals surface area contributed by atoms with Crippen molar-refractivity contribution in [1.29, 1.82) is 0 Å². The largest absolute Gasteiger partial charge is 0.497 e. The molecule has 2 atom stereocenters. The summed E-state index contributed by atoms with van der Waals surface area (Å²) in [5.74, 6) is 0.687. The van der Waals surface area contributed by atoms with Crippen LogP contribution in [0.4, 0.5) is 0 Å². The molecule has 0 radical (unpaired) electrons. The fourth-order valence-electron chi connectivity index (χ4n) is 5.28. The lowest BCUT2D eigenvalue weighted by atomic mass is 9.91. The molecule has 2 amide bonds. The first-order valence-corrected chi connectivity index (χ1v) is 11.4. The molecular weight excluding hydrogens is 402 g/mol. The minimum absolute atomic E-state index is 0.00305. The van der Waals surface area contributed by atoms with Crippen LogP contribution < -0.4 is 10.1 Å². The molecule has 3 aromatic rings. The summed E-state index contributed by atoms with van der Waals surface area (Å²) in [6.07, 6.45) is 2.85. The van der Waals surface area contributed by atoms with Crippen LogP contribution in [0.3, 0.4) is 0 Å². The molecule has 2 N–H and O–H groups in total. The van der Waals surface area contributed by atoms with E-state index in [2.05, 4.69) is 16.4 Å². The zero-order chi connectivity index (χ0) is 22.4. The Bertz CT molecular complexity index is 1200. The predicted molar refractivity (Wildman–Crippen MR) is 124 cm³/mol. The molecule has 2 aliphatic rings. The van der Waals surface area contributed by atoms with Crippen molar-refractivity contribution in [1.82, 2.24) is 15.2 Å². The van der Waals surface area contributed by atoms with Crippen LogP contribution in [-0.4, -0.2) is 34.8 Å². The molecule has 1 aliphatic heterocycles. The number of aromatic nitrogens is 1. The lowest BCUT2D eigenvalue weighted by Gasteiger charge is -2.32. The SMILES string of the molecule is COc1ccc2[nH]c3c(c2c1)CCC[C@H]3NC(=O)[C@H](C(C)C)N1Cc2ccccc2C1=O. The zero-order valence-electron chi connectivity index (χ0n) is 18.8. The van der Waals surface area contributed by atoms with Crippen LogP contribution in [0.25, 0.3) is 10.9 Å². The summed E-state index contributed by atoms with van der Waals surface area (Å²) in [6, 6.07) is 13.1. The Hall–Kier alpha value is -3.28. The van der Waals surface area contributed by atoms with E-state index in [9.17, 15) is 9.59 Å². The monoisotopic (exact) mass is 431 g/mol. The van der Waals surface area contributed by atoms with E-state index in [0.717, 1.165) is 47.2 Å². The van der Waals surface area contributed by atoms with Crippen molar-refractivity contribution in [3.8, 4) is 5.75 Å². The summed E-state index contributed by atoms with van der Waals surface area (Å²) in [4.78, 5) is 31.8. The Kier molecular flexibility index (Phi) is 5.16. The van der Waals surface area contributed by atoms with Crippen LogP contribution >= 0.6 is 0 Å². The van der Waals surface area contributed by atoms with E-state index in [0.29, 0.717) is 12.1 Å². The van der Waals surface area contributed by atoms with Crippen molar-refractivity contribution in [3.05, 3.63) is 64.8 Å². The molecule has 0 saturated heterocycles. The fourth-order valence-corrected chi connectivity index (χ4v) is 5.28. The minimum atomic E-state index is -0.509. The van der Waals surface area contributed by atoms with Gasteiger partial charge in [-0.05, 0) is 60.6 Å². The van der Waals surface area contributed by atoms with Crippen LogP contribution in [0.5, 0.6) is 5.75 Å². The van der Waals surface area contributed by atoms with E-state index < -0.39 is 6.04 Å². The van der Waals surface area contributed by atoms with Gasteiger partial charge in [0.25, 0.3) is 5.91 Å². The molecule has 2 heterocycles. The molecule has 6 heteroatoms. The molecule has 32 heavy (non-hydrogen) atoms. The molecular formula is C26H29N3O3. The Morgan fingerprint density at radius 1 is 1.22 bits per heavy atom. The van der Waals surface area contributed by atoms with Gasteiger partial charge < -0.3 is 19.9 Å². The average molecular weight is 432 g/mol. The molecule has 0 fully saturated rings. The second-order valence-corrected chi connectivity index (χ2v) is 9.16. The van der Waals surface area contributed by atoms with Crippen LogP contribution in [0.2, 0.25) is 0 Å². The number of fused-ring (bicyclic) bond motifs is 4. The summed E-state index contributed by atoms with van der Waals surface area (Å²) in [6.45, 7) is 4.48. The highest BCUT2D eigenvalue weighted by Crippen LogP contribution is 2.36. The van der Waals surface area contributed by atoms with E-state index in [4.69, 9.17) is 4.74 Å². The first-order valence-electron chi connectivity index (χ1n) is 11.4. The van der Waals surface area contributed by atoms with E-state index in [1.54, 1.807) is 12.0 Å². The maximum atomic E-state index is 13.5. The number of aromatic amines is 1. The number of methoxy groups -OCH3 is 1. The Labute approximate surface area is 187 Å². The number of nitrogens with one attached hydrogen (secondary N) is 2. The minimum Gasteiger partial charge on any atom is -0.497 e. The first-order chi connectivity index (χ1) is 15.5. The van der Waals surface area contributed by atoms with Gasteiger partial charge in [0.1, 0.15) is 11.8 Å². The van der Waals surface area contributed by atoms with Crippen LogP contribution in [-0.2, 0) is 17.8 Å². The van der Waals surface area contributed by atoms with Gasteiger partial charge in [-0.3, -0.25) is 9.59 Å². The number of hydrogen-bond acceptors (Lipinski definition) is 3. The zero-order valence-corrected chi connectivity index (χ0v) is 18.8. The van der Waals surface area contributed by atoms with E-state index in [1.165, 1.54) is 5.56 Å². The Balaban J connectivity index is 1.42. The number of carbonyl (C=O) groups excluding carboxylic acids is 2. The number of ether oxygens (including phenoxy) is 1. The van der Waals surface area contributed by atoms with Crippen molar-refractivity contribution in [2.24, 2.45) is 5.92 Å². The number of aryl methyl sites for hydroxylation is 1. The van der Waals surface area contributed by atoms with Crippen molar-refractivity contribution < 1.29 is 14.3 Å². The second kappa shape index (κ2) is 8.01. The maximum absolute atomic E-state index is 13.5. The third kappa shape index (κ3) is 3.34. The smallest absolute Gasteiger partial charge is 0.255 e. The van der Waals surface area contributed by atoms with Gasteiger partial charge in [0.15, 0.2) is 0 Å². The summed E-state index contributed by atoms with van der Waals surface area (Å²) < 4.78 is 5.40. The van der Waals surface area contributed by atoms with Crippen LogP contribution in [0.15, 0.2) is 42.5 Å². The molecule has 0 unspecified atom stereocenters. The van der Waals surface area contributed by atoms with Crippen LogP contribution in [0.1, 0.15) is 59.9 Å². The normalized spacial score (nSPS) is 18.6. The number of nitrogens with zero attached hydrogens (tertiary/aromatic N) is 1. The lowest BCUT2D eigenvalue weighted by Crippen LogP contribution is -2.51. The summed E-state index contributed by atoms with van der Waals surface area (Å²) >= 11 is 0. The third-order valence-corrected chi connectivity index (χ3v) is 6.82. The quantitative estimate of drug-likeness (QED) is 0.631. The van der Waals surface area contributed by atoms with Crippen molar-refractivity contribution >= 4 is 22.7 Å². The molecule has 2 aromatic carbocycles. The molecule has 0 saturated carbocycles. The predicted octanol–water partition coefficient (Wildman–Crippen LogP) is 4.35. The Morgan fingerprint density at radius 3 is 2.78 bits per heavy atom. The van der Waals surface area contributed by atoms with E-state index in [-0.39, 0.29) is 23.8 Å². The number of H-pyrrole nitrogens is 1. The summed E-state index contributed by atoms with van der Waals surface area (Å²) in [5.41, 5.74) is 5.08. The number of carbonyl (C=O) groups is 2. The topological polar surface area (TPSA) is 74.4 Å². The van der Waals surface area contributed by atoms with Gasteiger partial charge in [0.2, 0.25) is 5.91 Å². The van der Waals surface area contributed by atoms with Gasteiger partial charge in [-0.1, -0.05) is 32.0 Å². The maximum Gasteiger partial charge on any atom is 0.255 e. The number of benzene rings is 2. The van der Waals surface area contributed by atoms with Gasteiger partial charge >= 0.3 is 0 Å². The number of rotatable bonds is 5. The van der Waals surface area contributed by atoms with Gasteiger partial charge in [0.05, 0.1) is 13.2 Å². The van der Waals surface area contributed by atoms with Crippen molar-refractivity contribution in [2.75, 3.05) is 7.11 Å². The molecule has 1 aromatic heterocycles. The average Bonchev–Trinajstić information content (AvgIpc) is 3.32. The molecule has 0 bridgehead atoms. The molecule has 1 aliphatic carbocycles. The summed E-state index contributed by atoms with van der Waals surface area (Å²) in [7, 11) is 1.67. The fraction of sp³-hybridized carbons (Fsp3) is 0.385.